The normalized spacial score (nSPS) is 21.4. The third kappa shape index (κ3) is 2.88. The molecule has 1 saturated heterocycles. The quantitative estimate of drug-likeness (QED) is 0.763. The highest BCUT2D eigenvalue weighted by molar-refractivity contribution is 6.31. The maximum atomic E-state index is 6.23. The van der Waals surface area contributed by atoms with E-state index >= 15 is 0 Å². The minimum Gasteiger partial charge on any atom is -0.334 e. The van der Waals surface area contributed by atoms with E-state index < -0.39 is 0 Å². The Hall–Kier alpha value is -2.02. The average molecular weight is 370 g/mol. The number of benzene rings is 1. The zero-order valence-electron chi connectivity index (χ0n) is 14.6. The zero-order valence-corrected chi connectivity index (χ0v) is 15.3. The highest BCUT2D eigenvalue weighted by atomic mass is 35.5. The SMILES string of the molecule is CN1CCNCC1c1noc(-c2cc(C3CC3)nc3ccc(Cl)cc23)n1. The first-order valence-electron chi connectivity index (χ1n) is 9.04. The molecule has 1 atom stereocenters. The van der Waals surface area contributed by atoms with Gasteiger partial charge < -0.3 is 9.84 Å². The van der Waals surface area contributed by atoms with Gasteiger partial charge >= 0.3 is 0 Å². The van der Waals surface area contributed by atoms with Gasteiger partial charge in [0.25, 0.3) is 5.89 Å². The summed E-state index contributed by atoms with van der Waals surface area (Å²) in [7, 11) is 2.09. The second kappa shape index (κ2) is 6.30. The molecule has 0 spiro atoms. The molecule has 1 unspecified atom stereocenters. The molecule has 26 heavy (non-hydrogen) atoms. The van der Waals surface area contributed by atoms with Crippen molar-refractivity contribution in [3.8, 4) is 11.5 Å². The van der Waals surface area contributed by atoms with Crippen molar-refractivity contribution in [1.29, 1.82) is 0 Å². The molecular formula is C19H20ClN5O. The molecule has 1 aromatic carbocycles. The van der Waals surface area contributed by atoms with Crippen molar-refractivity contribution in [2.75, 3.05) is 26.7 Å². The molecule has 3 heterocycles. The lowest BCUT2D eigenvalue weighted by atomic mass is 10.1. The van der Waals surface area contributed by atoms with Crippen LogP contribution in [0.1, 0.15) is 36.3 Å². The molecule has 1 aliphatic heterocycles. The molecule has 1 N–H and O–H groups in total. The summed E-state index contributed by atoms with van der Waals surface area (Å²) in [5, 5.41) is 9.28. The number of fused-ring (bicyclic) bond motifs is 1. The van der Waals surface area contributed by atoms with Gasteiger partial charge in [-0.3, -0.25) is 9.88 Å². The van der Waals surface area contributed by atoms with E-state index in [1.807, 2.05) is 18.2 Å². The van der Waals surface area contributed by atoms with Gasteiger partial charge in [0, 0.05) is 41.7 Å². The minimum atomic E-state index is 0.126. The smallest absolute Gasteiger partial charge is 0.258 e. The summed E-state index contributed by atoms with van der Waals surface area (Å²) < 4.78 is 5.67. The summed E-state index contributed by atoms with van der Waals surface area (Å²) in [6.07, 6.45) is 2.39. The van der Waals surface area contributed by atoms with Gasteiger partial charge in [0.05, 0.1) is 17.1 Å². The van der Waals surface area contributed by atoms with Crippen LogP contribution in [0.4, 0.5) is 0 Å². The lowest BCUT2D eigenvalue weighted by molar-refractivity contribution is 0.190. The first-order valence-corrected chi connectivity index (χ1v) is 9.42. The van der Waals surface area contributed by atoms with E-state index in [9.17, 15) is 0 Å². The van der Waals surface area contributed by atoms with Gasteiger partial charge in [-0.1, -0.05) is 16.8 Å². The predicted molar refractivity (Wildman–Crippen MR) is 100 cm³/mol. The van der Waals surface area contributed by atoms with Crippen LogP contribution in [0.2, 0.25) is 5.02 Å². The average Bonchev–Trinajstić information content (AvgIpc) is 3.39. The van der Waals surface area contributed by atoms with Crippen molar-refractivity contribution < 1.29 is 4.52 Å². The standard InChI is InChI=1S/C19H20ClN5O/c1-25-7-6-21-10-17(25)18-23-19(26-24-18)14-9-16(11-2-3-11)22-15-5-4-12(20)8-13(14)15/h4-5,8-9,11,17,21H,2-3,6-7,10H2,1H3. The van der Waals surface area contributed by atoms with Crippen LogP contribution >= 0.6 is 11.6 Å². The molecule has 5 rings (SSSR count). The van der Waals surface area contributed by atoms with Crippen molar-refractivity contribution in [3.63, 3.8) is 0 Å². The lowest BCUT2D eigenvalue weighted by Crippen LogP contribution is -2.44. The molecule has 134 valence electrons. The molecular weight excluding hydrogens is 350 g/mol. The van der Waals surface area contributed by atoms with Crippen molar-refractivity contribution in [1.82, 2.24) is 25.3 Å². The summed E-state index contributed by atoms with van der Waals surface area (Å²) in [6, 6.07) is 7.98. The van der Waals surface area contributed by atoms with Crippen molar-refractivity contribution in [2.24, 2.45) is 0 Å². The van der Waals surface area contributed by atoms with Gasteiger partial charge in [-0.15, -0.1) is 0 Å². The maximum absolute atomic E-state index is 6.23. The third-order valence-electron chi connectivity index (χ3n) is 5.27. The summed E-state index contributed by atoms with van der Waals surface area (Å²) in [5.74, 6) is 1.80. The number of nitrogens with zero attached hydrogens (tertiary/aromatic N) is 4. The number of aromatic nitrogens is 3. The highest BCUT2D eigenvalue weighted by Crippen LogP contribution is 2.42. The second-order valence-electron chi connectivity index (χ2n) is 7.19. The summed E-state index contributed by atoms with van der Waals surface area (Å²) in [5.41, 5.74) is 2.94. The summed E-state index contributed by atoms with van der Waals surface area (Å²) >= 11 is 6.23. The van der Waals surface area contributed by atoms with E-state index in [0.29, 0.717) is 16.8 Å². The van der Waals surface area contributed by atoms with Gasteiger partial charge in [0.15, 0.2) is 5.82 Å². The van der Waals surface area contributed by atoms with Crippen LogP contribution in [0.25, 0.3) is 22.4 Å². The van der Waals surface area contributed by atoms with Crippen LogP contribution in [-0.4, -0.2) is 46.7 Å². The second-order valence-corrected chi connectivity index (χ2v) is 7.63. The fourth-order valence-corrected chi connectivity index (χ4v) is 3.73. The largest absolute Gasteiger partial charge is 0.334 e. The maximum Gasteiger partial charge on any atom is 0.258 e. The molecule has 1 aliphatic carbocycles. The van der Waals surface area contributed by atoms with E-state index in [2.05, 4.69) is 28.5 Å². The molecule has 0 bridgehead atoms. The molecule has 2 fully saturated rings. The van der Waals surface area contributed by atoms with Crippen LogP contribution < -0.4 is 5.32 Å². The number of hydrogen-bond acceptors (Lipinski definition) is 6. The Labute approximate surface area is 156 Å². The van der Waals surface area contributed by atoms with Gasteiger partial charge in [0.1, 0.15) is 0 Å². The van der Waals surface area contributed by atoms with Crippen LogP contribution in [0.5, 0.6) is 0 Å². The van der Waals surface area contributed by atoms with Gasteiger partial charge in [-0.2, -0.15) is 4.98 Å². The monoisotopic (exact) mass is 369 g/mol. The van der Waals surface area contributed by atoms with Crippen molar-refractivity contribution in [3.05, 3.63) is 40.8 Å². The molecule has 2 aliphatic rings. The Morgan fingerprint density at radius 2 is 2.12 bits per heavy atom. The van der Waals surface area contributed by atoms with Gasteiger partial charge in [-0.05, 0) is 44.2 Å². The topological polar surface area (TPSA) is 67.1 Å². The fourth-order valence-electron chi connectivity index (χ4n) is 3.56. The van der Waals surface area contributed by atoms with E-state index in [0.717, 1.165) is 47.6 Å². The first-order chi connectivity index (χ1) is 12.7. The Morgan fingerprint density at radius 1 is 1.23 bits per heavy atom. The molecule has 3 aromatic rings. The summed E-state index contributed by atoms with van der Waals surface area (Å²) in [6.45, 7) is 2.77. The Morgan fingerprint density at radius 3 is 2.92 bits per heavy atom. The fraction of sp³-hybridized carbons (Fsp3) is 0.421. The van der Waals surface area contributed by atoms with E-state index in [-0.39, 0.29) is 6.04 Å². The van der Waals surface area contributed by atoms with Crippen LogP contribution in [0.15, 0.2) is 28.8 Å². The molecule has 2 aromatic heterocycles. The Kier molecular flexibility index (Phi) is 3.92. The van der Waals surface area contributed by atoms with Gasteiger partial charge in [0.2, 0.25) is 0 Å². The predicted octanol–water partition coefficient (Wildman–Crippen LogP) is 3.39. The summed E-state index contributed by atoms with van der Waals surface area (Å²) in [4.78, 5) is 11.8. The molecule has 6 nitrogen and oxygen atoms in total. The van der Waals surface area contributed by atoms with Crippen LogP contribution in [0.3, 0.4) is 0 Å². The zero-order chi connectivity index (χ0) is 17.7. The molecule has 1 saturated carbocycles. The van der Waals surface area contributed by atoms with Crippen molar-refractivity contribution in [2.45, 2.75) is 24.8 Å². The van der Waals surface area contributed by atoms with Gasteiger partial charge in [-0.25, -0.2) is 0 Å². The molecule has 7 heteroatoms. The van der Waals surface area contributed by atoms with E-state index in [1.165, 1.54) is 12.8 Å². The van der Waals surface area contributed by atoms with E-state index in [1.54, 1.807) is 0 Å². The molecule has 0 amide bonds. The Balaban J connectivity index is 1.61. The molecule has 0 radical (unpaired) electrons. The number of piperazine rings is 1. The van der Waals surface area contributed by atoms with E-state index in [4.69, 9.17) is 26.1 Å². The number of rotatable bonds is 3. The lowest BCUT2D eigenvalue weighted by Gasteiger charge is -2.30. The number of nitrogens with one attached hydrogen (secondary N) is 1. The number of likely N-dealkylation sites (N-methyl/N-ethyl adjacent to an activating group) is 1. The van der Waals surface area contributed by atoms with Crippen LogP contribution in [0, 0.1) is 0 Å². The van der Waals surface area contributed by atoms with Crippen LogP contribution in [-0.2, 0) is 0 Å². The third-order valence-corrected chi connectivity index (χ3v) is 5.50. The Bertz CT molecular complexity index is 968. The first kappa shape index (κ1) is 16.2. The number of pyridine rings is 1. The minimum absolute atomic E-state index is 0.126. The number of halogens is 1. The van der Waals surface area contributed by atoms with Crippen molar-refractivity contribution >= 4 is 22.5 Å². The highest BCUT2D eigenvalue weighted by Gasteiger charge is 2.29. The number of hydrogen-bond donors (Lipinski definition) is 1.